The summed E-state index contributed by atoms with van der Waals surface area (Å²) in [6, 6.07) is 19.5. The number of benzene rings is 2. The average molecular weight is 210 g/mol. The molecule has 0 amide bonds. The van der Waals surface area contributed by atoms with E-state index in [1.54, 1.807) is 0 Å². The Morgan fingerprint density at radius 1 is 0.625 bits per heavy atom. The molecular formula is C15H11F. The molecule has 0 saturated heterocycles. The van der Waals surface area contributed by atoms with Gasteiger partial charge in [0.05, 0.1) is 0 Å². The first kappa shape index (κ1) is 9.34. The lowest BCUT2D eigenvalue weighted by atomic mass is 10.1. The summed E-state index contributed by atoms with van der Waals surface area (Å²) < 4.78 is 13.7. The molecule has 0 unspecified atom stereocenters. The molecule has 0 radical (unpaired) electrons. The van der Waals surface area contributed by atoms with Gasteiger partial charge in [0.2, 0.25) is 0 Å². The second-order valence-corrected chi connectivity index (χ2v) is 3.92. The van der Waals surface area contributed by atoms with Gasteiger partial charge in [-0.3, -0.25) is 0 Å². The molecule has 16 heavy (non-hydrogen) atoms. The van der Waals surface area contributed by atoms with Crippen molar-refractivity contribution in [1.82, 2.24) is 0 Å². The maximum Gasteiger partial charge on any atom is 0.152 e. The fourth-order valence-electron chi connectivity index (χ4n) is 2.03. The Morgan fingerprint density at radius 3 is 1.38 bits per heavy atom. The standard InChI is InChI=1S/C15H11F/c16-15-13(11-7-3-1-4-8-11)14(15)12-9-5-2-6-10-12/h1-10,15H. The number of allylic oxidation sites excluding steroid dienone is 2. The van der Waals surface area contributed by atoms with Crippen molar-refractivity contribution in [1.29, 1.82) is 0 Å². The van der Waals surface area contributed by atoms with E-state index in [2.05, 4.69) is 0 Å². The van der Waals surface area contributed by atoms with Crippen LogP contribution in [0.3, 0.4) is 0 Å². The Balaban J connectivity index is 2.02. The molecule has 1 heteroatoms. The Labute approximate surface area is 94.1 Å². The summed E-state index contributed by atoms with van der Waals surface area (Å²) in [5.74, 6) is 0. The fraction of sp³-hybridized carbons (Fsp3) is 0.0667. The quantitative estimate of drug-likeness (QED) is 0.704. The van der Waals surface area contributed by atoms with Crippen molar-refractivity contribution < 1.29 is 4.39 Å². The number of rotatable bonds is 2. The molecule has 0 heterocycles. The van der Waals surface area contributed by atoms with Gasteiger partial charge in [-0.1, -0.05) is 60.7 Å². The summed E-state index contributed by atoms with van der Waals surface area (Å²) >= 11 is 0. The molecule has 0 saturated carbocycles. The summed E-state index contributed by atoms with van der Waals surface area (Å²) in [6.07, 6.45) is -0.884. The van der Waals surface area contributed by atoms with Crippen LogP contribution in [0.15, 0.2) is 60.7 Å². The summed E-state index contributed by atoms with van der Waals surface area (Å²) in [5.41, 5.74) is 3.67. The highest BCUT2D eigenvalue weighted by molar-refractivity contribution is 6.12. The van der Waals surface area contributed by atoms with Crippen molar-refractivity contribution in [2.45, 2.75) is 6.17 Å². The second-order valence-electron chi connectivity index (χ2n) is 3.92. The number of halogens is 1. The molecule has 2 aromatic rings. The van der Waals surface area contributed by atoms with Crippen molar-refractivity contribution in [2.75, 3.05) is 0 Å². The highest BCUT2D eigenvalue weighted by atomic mass is 19.1. The van der Waals surface area contributed by atoms with Crippen LogP contribution in [0, 0.1) is 0 Å². The summed E-state index contributed by atoms with van der Waals surface area (Å²) in [6.45, 7) is 0. The van der Waals surface area contributed by atoms with E-state index in [9.17, 15) is 4.39 Å². The van der Waals surface area contributed by atoms with Gasteiger partial charge in [-0.05, 0) is 11.1 Å². The first-order valence-electron chi connectivity index (χ1n) is 5.37. The first-order chi connectivity index (χ1) is 7.88. The van der Waals surface area contributed by atoms with E-state index < -0.39 is 6.17 Å². The molecule has 0 aromatic heterocycles. The molecule has 3 rings (SSSR count). The molecule has 1 aliphatic rings. The molecule has 0 spiro atoms. The summed E-state index contributed by atoms with van der Waals surface area (Å²) in [4.78, 5) is 0. The van der Waals surface area contributed by atoms with Crippen LogP contribution in [0.5, 0.6) is 0 Å². The van der Waals surface area contributed by atoms with E-state index in [1.807, 2.05) is 60.7 Å². The summed E-state index contributed by atoms with van der Waals surface area (Å²) in [5, 5.41) is 0. The molecular weight excluding hydrogens is 199 g/mol. The van der Waals surface area contributed by atoms with Crippen molar-refractivity contribution in [3.63, 3.8) is 0 Å². The normalized spacial score (nSPS) is 15.3. The molecule has 0 fully saturated rings. The van der Waals surface area contributed by atoms with Crippen LogP contribution in [-0.2, 0) is 0 Å². The zero-order valence-electron chi connectivity index (χ0n) is 8.73. The topological polar surface area (TPSA) is 0 Å². The Bertz CT molecular complexity index is 476. The Kier molecular flexibility index (Phi) is 2.10. The van der Waals surface area contributed by atoms with Crippen LogP contribution < -0.4 is 0 Å². The highest BCUT2D eigenvalue weighted by Gasteiger charge is 2.38. The minimum absolute atomic E-state index is 0.840. The van der Waals surface area contributed by atoms with E-state index in [0.29, 0.717) is 0 Å². The third-order valence-corrected chi connectivity index (χ3v) is 2.88. The molecule has 0 aliphatic heterocycles. The van der Waals surface area contributed by atoms with Crippen LogP contribution in [0.4, 0.5) is 4.39 Å². The van der Waals surface area contributed by atoms with E-state index >= 15 is 0 Å². The van der Waals surface area contributed by atoms with Gasteiger partial charge in [0.25, 0.3) is 0 Å². The maximum absolute atomic E-state index is 13.7. The number of hydrogen-bond donors (Lipinski definition) is 0. The average Bonchev–Trinajstić information content (AvgIpc) is 3.03. The molecule has 0 bridgehead atoms. The molecule has 1 aliphatic carbocycles. The lowest BCUT2D eigenvalue weighted by Crippen LogP contribution is -1.79. The highest BCUT2D eigenvalue weighted by Crippen LogP contribution is 2.49. The van der Waals surface area contributed by atoms with Gasteiger partial charge < -0.3 is 0 Å². The van der Waals surface area contributed by atoms with E-state index in [-0.39, 0.29) is 0 Å². The lowest BCUT2D eigenvalue weighted by Gasteiger charge is -1.91. The van der Waals surface area contributed by atoms with Gasteiger partial charge in [0.1, 0.15) is 0 Å². The third kappa shape index (κ3) is 1.45. The van der Waals surface area contributed by atoms with Crippen LogP contribution in [0.2, 0.25) is 0 Å². The molecule has 78 valence electrons. The van der Waals surface area contributed by atoms with Crippen molar-refractivity contribution in [2.24, 2.45) is 0 Å². The Morgan fingerprint density at radius 2 is 1.00 bits per heavy atom. The largest absolute Gasteiger partial charge is 0.237 e. The lowest BCUT2D eigenvalue weighted by molar-refractivity contribution is 0.526. The third-order valence-electron chi connectivity index (χ3n) is 2.88. The zero-order valence-corrected chi connectivity index (χ0v) is 8.73. The SMILES string of the molecule is FC1C(c2ccccc2)=C1c1ccccc1. The monoisotopic (exact) mass is 210 g/mol. The van der Waals surface area contributed by atoms with Crippen LogP contribution in [0.1, 0.15) is 11.1 Å². The smallest absolute Gasteiger partial charge is 0.152 e. The fourth-order valence-corrected chi connectivity index (χ4v) is 2.03. The van der Waals surface area contributed by atoms with Crippen LogP contribution in [-0.4, -0.2) is 6.17 Å². The van der Waals surface area contributed by atoms with Gasteiger partial charge in [0, 0.05) is 11.1 Å². The van der Waals surface area contributed by atoms with Gasteiger partial charge >= 0.3 is 0 Å². The van der Waals surface area contributed by atoms with E-state index in [1.165, 1.54) is 0 Å². The zero-order chi connectivity index (χ0) is 11.0. The first-order valence-corrected chi connectivity index (χ1v) is 5.37. The van der Waals surface area contributed by atoms with E-state index in [0.717, 1.165) is 22.3 Å². The second kappa shape index (κ2) is 3.60. The Hall–Kier alpha value is -1.89. The summed E-state index contributed by atoms with van der Waals surface area (Å²) in [7, 11) is 0. The molecule has 0 N–H and O–H groups in total. The number of hydrogen-bond acceptors (Lipinski definition) is 0. The van der Waals surface area contributed by atoms with Crippen molar-refractivity contribution in [3.05, 3.63) is 71.8 Å². The van der Waals surface area contributed by atoms with Crippen molar-refractivity contribution >= 4 is 11.1 Å². The van der Waals surface area contributed by atoms with Gasteiger partial charge in [-0.25, -0.2) is 4.39 Å². The predicted molar refractivity (Wildman–Crippen MR) is 64.6 cm³/mol. The molecule has 0 atom stereocenters. The van der Waals surface area contributed by atoms with Crippen LogP contribution in [0.25, 0.3) is 11.1 Å². The molecule has 2 aromatic carbocycles. The maximum atomic E-state index is 13.7. The van der Waals surface area contributed by atoms with Crippen molar-refractivity contribution in [3.8, 4) is 0 Å². The van der Waals surface area contributed by atoms with E-state index in [4.69, 9.17) is 0 Å². The van der Waals surface area contributed by atoms with Gasteiger partial charge in [-0.2, -0.15) is 0 Å². The van der Waals surface area contributed by atoms with Crippen LogP contribution >= 0.6 is 0 Å². The number of alkyl halides is 1. The minimum atomic E-state index is -0.884. The molecule has 0 nitrogen and oxygen atoms in total. The minimum Gasteiger partial charge on any atom is -0.237 e. The van der Waals surface area contributed by atoms with Gasteiger partial charge in [-0.15, -0.1) is 0 Å². The van der Waals surface area contributed by atoms with Gasteiger partial charge in [0.15, 0.2) is 6.17 Å². The predicted octanol–water partition coefficient (Wildman–Crippen LogP) is 3.95.